The summed E-state index contributed by atoms with van der Waals surface area (Å²) in [6.07, 6.45) is 0.406. The Balaban J connectivity index is 1.89. The molecule has 2 N–H and O–H groups in total. The summed E-state index contributed by atoms with van der Waals surface area (Å²) in [4.78, 5) is 26.4. The van der Waals surface area contributed by atoms with E-state index >= 15 is 0 Å². The van der Waals surface area contributed by atoms with Crippen molar-refractivity contribution in [2.24, 2.45) is 0 Å². The molecule has 0 saturated heterocycles. The van der Waals surface area contributed by atoms with E-state index in [1.807, 2.05) is 19.0 Å². The highest BCUT2D eigenvalue weighted by Gasteiger charge is 2.10. The molecular formula is C20H24FN3O2. The zero-order chi connectivity index (χ0) is 18.9. The molecule has 0 aromatic heterocycles. The maximum absolute atomic E-state index is 13.6. The summed E-state index contributed by atoms with van der Waals surface area (Å²) in [6, 6.07) is 13.0. The van der Waals surface area contributed by atoms with Crippen LogP contribution in [0, 0.1) is 5.82 Å². The Morgan fingerprint density at radius 2 is 1.54 bits per heavy atom. The van der Waals surface area contributed by atoms with Gasteiger partial charge in [-0.2, -0.15) is 0 Å². The van der Waals surface area contributed by atoms with Crippen LogP contribution in [-0.4, -0.2) is 50.4 Å². The number of benzene rings is 2. The highest BCUT2D eigenvalue weighted by molar-refractivity contribution is 5.99. The fourth-order valence-electron chi connectivity index (χ4n) is 2.41. The zero-order valence-corrected chi connectivity index (χ0v) is 15.1. The van der Waals surface area contributed by atoms with Gasteiger partial charge < -0.3 is 15.5 Å². The number of hydrogen-bond acceptors (Lipinski definition) is 3. The van der Waals surface area contributed by atoms with Crippen molar-refractivity contribution in [1.29, 1.82) is 0 Å². The van der Waals surface area contributed by atoms with Gasteiger partial charge >= 0.3 is 0 Å². The second kappa shape index (κ2) is 9.68. The summed E-state index contributed by atoms with van der Waals surface area (Å²) in [5, 5.41) is 5.57. The van der Waals surface area contributed by atoms with Crippen molar-refractivity contribution in [2.75, 3.05) is 33.7 Å². The van der Waals surface area contributed by atoms with E-state index < -0.39 is 0 Å². The van der Waals surface area contributed by atoms with Crippen molar-refractivity contribution in [1.82, 2.24) is 15.5 Å². The quantitative estimate of drug-likeness (QED) is 0.761. The van der Waals surface area contributed by atoms with E-state index in [0.29, 0.717) is 36.2 Å². The Kier molecular flexibility index (Phi) is 7.29. The molecule has 0 radical (unpaired) electrons. The molecule has 138 valence electrons. The van der Waals surface area contributed by atoms with E-state index in [0.717, 1.165) is 6.54 Å². The molecule has 0 atom stereocenters. The van der Waals surface area contributed by atoms with E-state index in [9.17, 15) is 14.0 Å². The number of nitrogens with zero attached hydrogens (tertiary/aromatic N) is 1. The minimum absolute atomic E-state index is 0.215. The van der Waals surface area contributed by atoms with Crippen molar-refractivity contribution in [2.45, 2.75) is 6.42 Å². The molecule has 0 saturated carbocycles. The zero-order valence-electron chi connectivity index (χ0n) is 15.1. The van der Waals surface area contributed by atoms with Crippen LogP contribution < -0.4 is 10.6 Å². The van der Waals surface area contributed by atoms with Gasteiger partial charge in [0.05, 0.1) is 0 Å². The lowest BCUT2D eigenvalue weighted by molar-refractivity contribution is 0.0951. The minimum atomic E-state index is -0.288. The molecule has 6 heteroatoms. The van der Waals surface area contributed by atoms with Crippen molar-refractivity contribution in [3.63, 3.8) is 0 Å². The summed E-state index contributed by atoms with van der Waals surface area (Å²) in [6.45, 7) is 1.59. The summed E-state index contributed by atoms with van der Waals surface area (Å²) in [5.41, 5.74) is 1.39. The Bertz CT molecular complexity index is 762. The lowest BCUT2D eigenvalue weighted by Crippen LogP contribution is -2.31. The smallest absolute Gasteiger partial charge is 0.251 e. The van der Waals surface area contributed by atoms with Gasteiger partial charge in [0.25, 0.3) is 11.8 Å². The van der Waals surface area contributed by atoms with Gasteiger partial charge in [-0.3, -0.25) is 9.59 Å². The van der Waals surface area contributed by atoms with Gasteiger partial charge in [0.1, 0.15) is 5.82 Å². The van der Waals surface area contributed by atoms with Crippen molar-refractivity contribution in [3.05, 3.63) is 71.0 Å². The lowest BCUT2D eigenvalue weighted by Gasteiger charge is -2.11. The monoisotopic (exact) mass is 357 g/mol. The largest absolute Gasteiger partial charge is 0.352 e. The number of carbonyl (C=O) groups is 2. The van der Waals surface area contributed by atoms with Crippen LogP contribution in [0.2, 0.25) is 0 Å². The average Bonchev–Trinajstić information content (AvgIpc) is 2.63. The third kappa shape index (κ3) is 5.97. The molecule has 26 heavy (non-hydrogen) atoms. The van der Waals surface area contributed by atoms with Gasteiger partial charge in [-0.05, 0) is 50.3 Å². The molecule has 0 aliphatic carbocycles. The van der Waals surface area contributed by atoms with Crippen LogP contribution in [0.1, 0.15) is 26.3 Å². The normalized spacial score (nSPS) is 10.6. The second-order valence-electron chi connectivity index (χ2n) is 6.24. The van der Waals surface area contributed by atoms with Crippen molar-refractivity contribution in [3.8, 4) is 0 Å². The fraction of sp³-hybridized carbons (Fsp3) is 0.300. The van der Waals surface area contributed by atoms with Gasteiger partial charge in [-0.1, -0.05) is 24.3 Å². The molecular weight excluding hydrogens is 333 g/mol. The van der Waals surface area contributed by atoms with Crippen molar-refractivity contribution < 1.29 is 14.0 Å². The van der Waals surface area contributed by atoms with E-state index in [4.69, 9.17) is 0 Å². The number of halogens is 1. The minimum Gasteiger partial charge on any atom is -0.352 e. The van der Waals surface area contributed by atoms with Gasteiger partial charge in [-0.25, -0.2) is 4.39 Å². The van der Waals surface area contributed by atoms with Gasteiger partial charge in [0.2, 0.25) is 0 Å². The van der Waals surface area contributed by atoms with Gasteiger partial charge in [0, 0.05) is 30.8 Å². The van der Waals surface area contributed by atoms with Crippen LogP contribution in [0.5, 0.6) is 0 Å². The fourth-order valence-corrected chi connectivity index (χ4v) is 2.41. The van der Waals surface area contributed by atoms with Gasteiger partial charge in [0.15, 0.2) is 0 Å². The number of hydrogen-bond donors (Lipinski definition) is 2. The SMILES string of the molecule is CN(C)CCNC(=O)c1cccc(C(=O)NCCc2ccccc2F)c1. The number of rotatable bonds is 8. The molecule has 2 aromatic rings. The van der Waals surface area contributed by atoms with E-state index in [1.54, 1.807) is 42.5 Å². The molecule has 0 spiro atoms. The Hall–Kier alpha value is -2.73. The maximum Gasteiger partial charge on any atom is 0.251 e. The third-order valence-electron chi connectivity index (χ3n) is 3.87. The molecule has 5 nitrogen and oxygen atoms in total. The molecule has 0 aliphatic rings. The van der Waals surface area contributed by atoms with Crippen LogP contribution in [0.25, 0.3) is 0 Å². The second-order valence-corrected chi connectivity index (χ2v) is 6.24. The van der Waals surface area contributed by atoms with Gasteiger partial charge in [-0.15, -0.1) is 0 Å². The molecule has 0 unspecified atom stereocenters. The molecule has 0 fully saturated rings. The van der Waals surface area contributed by atoms with Crippen LogP contribution in [0.3, 0.4) is 0 Å². The van der Waals surface area contributed by atoms with Crippen LogP contribution >= 0.6 is 0 Å². The first-order chi connectivity index (χ1) is 12.5. The number of carbonyl (C=O) groups excluding carboxylic acids is 2. The molecule has 0 bridgehead atoms. The topological polar surface area (TPSA) is 61.4 Å². The number of nitrogens with one attached hydrogen (secondary N) is 2. The Morgan fingerprint density at radius 3 is 2.15 bits per heavy atom. The van der Waals surface area contributed by atoms with Crippen LogP contribution in [0.15, 0.2) is 48.5 Å². The molecule has 0 heterocycles. The number of amides is 2. The van der Waals surface area contributed by atoms with E-state index in [2.05, 4.69) is 10.6 Å². The molecule has 2 amide bonds. The average molecular weight is 357 g/mol. The first-order valence-electron chi connectivity index (χ1n) is 8.52. The predicted molar refractivity (Wildman–Crippen MR) is 99.8 cm³/mol. The van der Waals surface area contributed by atoms with Crippen LogP contribution in [0.4, 0.5) is 4.39 Å². The number of likely N-dealkylation sites (N-methyl/N-ethyl adjacent to an activating group) is 1. The summed E-state index contributed by atoms with van der Waals surface area (Å²) >= 11 is 0. The van der Waals surface area contributed by atoms with E-state index in [-0.39, 0.29) is 17.6 Å². The Morgan fingerprint density at radius 1 is 0.923 bits per heavy atom. The molecule has 2 rings (SSSR count). The highest BCUT2D eigenvalue weighted by Crippen LogP contribution is 2.08. The first kappa shape index (κ1) is 19.6. The first-order valence-corrected chi connectivity index (χ1v) is 8.52. The summed E-state index contributed by atoms with van der Waals surface area (Å²) in [5.74, 6) is -0.782. The molecule has 0 aliphatic heterocycles. The third-order valence-corrected chi connectivity index (χ3v) is 3.87. The summed E-state index contributed by atoms with van der Waals surface area (Å²) < 4.78 is 13.6. The summed E-state index contributed by atoms with van der Waals surface area (Å²) in [7, 11) is 3.86. The highest BCUT2D eigenvalue weighted by atomic mass is 19.1. The lowest BCUT2D eigenvalue weighted by atomic mass is 10.1. The Labute approximate surface area is 153 Å². The predicted octanol–water partition coefficient (Wildman–Crippen LogP) is 2.09. The van der Waals surface area contributed by atoms with E-state index in [1.165, 1.54) is 6.07 Å². The van der Waals surface area contributed by atoms with Crippen molar-refractivity contribution >= 4 is 11.8 Å². The van der Waals surface area contributed by atoms with Crippen LogP contribution in [-0.2, 0) is 6.42 Å². The standard InChI is InChI=1S/C20H24FN3O2/c1-24(2)13-12-23-20(26)17-8-5-7-16(14-17)19(25)22-11-10-15-6-3-4-9-18(15)21/h3-9,14H,10-13H2,1-2H3,(H,22,25)(H,23,26). The molecule has 2 aromatic carbocycles. The maximum atomic E-state index is 13.6.